The van der Waals surface area contributed by atoms with Gasteiger partial charge in [-0.15, -0.1) is 11.7 Å². The van der Waals surface area contributed by atoms with E-state index in [2.05, 4.69) is 16.2 Å². The topological polar surface area (TPSA) is 51.8 Å². The monoisotopic (exact) mass is 141 g/mol. The van der Waals surface area contributed by atoms with E-state index < -0.39 is 0 Å². The highest BCUT2D eigenvalue weighted by Gasteiger charge is 2.01. The Bertz CT molecular complexity index is 182. The molecule has 0 amide bonds. The summed E-state index contributed by atoms with van der Waals surface area (Å²) in [7, 11) is 0. The van der Waals surface area contributed by atoms with Crippen molar-refractivity contribution >= 4 is 11.5 Å². The molecule has 1 aromatic rings. The standard InChI is InChI=1S/C5H7N3S/c1-2-4(6)5-3-9-8-7-5/h2-4H,1,6H2. The van der Waals surface area contributed by atoms with E-state index in [0.29, 0.717) is 0 Å². The fraction of sp³-hybridized carbons (Fsp3) is 0.200. The summed E-state index contributed by atoms with van der Waals surface area (Å²) in [5, 5.41) is 5.57. The lowest BCUT2D eigenvalue weighted by molar-refractivity contribution is 0.850. The summed E-state index contributed by atoms with van der Waals surface area (Å²) < 4.78 is 3.66. The molecule has 0 aromatic carbocycles. The lowest BCUT2D eigenvalue weighted by Gasteiger charge is -1.96. The van der Waals surface area contributed by atoms with E-state index in [1.165, 1.54) is 11.5 Å². The van der Waals surface area contributed by atoms with Crippen LogP contribution >= 0.6 is 11.5 Å². The Morgan fingerprint density at radius 3 is 3.11 bits per heavy atom. The van der Waals surface area contributed by atoms with Gasteiger partial charge in [0.15, 0.2) is 0 Å². The van der Waals surface area contributed by atoms with Crippen LogP contribution in [0.25, 0.3) is 0 Å². The first kappa shape index (κ1) is 6.38. The minimum absolute atomic E-state index is 0.163. The Morgan fingerprint density at radius 2 is 2.67 bits per heavy atom. The van der Waals surface area contributed by atoms with Crippen molar-refractivity contribution in [1.82, 2.24) is 9.59 Å². The SMILES string of the molecule is C=CC(N)c1csnn1. The van der Waals surface area contributed by atoms with Gasteiger partial charge >= 0.3 is 0 Å². The third-order valence-electron chi connectivity index (χ3n) is 0.972. The lowest BCUT2D eigenvalue weighted by Crippen LogP contribution is -2.06. The maximum absolute atomic E-state index is 5.52. The summed E-state index contributed by atoms with van der Waals surface area (Å²) in [6.07, 6.45) is 1.64. The quantitative estimate of drug-likeness (QED) is 0.617. The molecule has 1 heterocycles. The largest absolute Gasteiger partial charge is 0.319 e. The molecule has 1 rings (SSSR count). The average Bonchev–Trinajstić information content (AvgIpc) is 2.37. The molecule has 1 aromatic heterocycles. The highest BCUT2D eigenvalue weighted by Crippen LogP contribution is 2.07. The molecule has 1 unspecified atom stereocenters. The van der Waals surface area contributed by atoms with Crippen molar-refractivity contribution in [3.63, 3.8) is 0 Å². The molecule has 3 nitrogen and oxygen atoms in total. The molecule has 0 aliphatic heterocycles. The summed E-state index contributed by atoms with van der Waals surface area (Å²) in [5.74, 6) is 0. The minimum Gasteiger partial charge on any atom is -0.319 e. The zero-order chi connectivity index (χ0) is 6.69. The van der Waals surface area contributed by atoms with Crippen LogP contribution in [0.1, 0.15) is 11.7 Å². The Labute approximate surface area is 57.4 Å². The lowest BCUT2D eigenvalue weighted by atomic mass is 10.2. The van der Waals surface area contributed by atoms with Crippen molar-refractivity contribution in [2.75, 3.05) is 0 Å². The molecule has 2 N–H and O–H groups in total. The van der Waals surface area contributed by atoms with Gasteiger partial charge in [0.05, 0.1) is 11.7 Å². The highest BCUT2D eigenvalue weighted by molar-refractivity contribution is 7.03. The van der Waals surface area contributed by atoms with Crippen LogP contribution in [0.15, 0.2) is 18.0 Å². The van der Waals surface area contributed by atoms with Crippen molar-refractivity contribution in [2.45, 2.75) is 6.04 Å². The molecule has 0 bridgehead atoms. The molecule has 0 aliphatic carbocycles. The fourth-order valence-electron chi connectivity index (χ4n) is 0.438. The number of hydrogen-bond acceptors (Lipinski definition) is 4. The Balaban J connectivity index is 2.76. The van der Waals surface area contributed by atoms with Crippen LogP contribution in [0.5, 0.6) is 0 Å². The number of nitrogens with two attached hydrogens (primary N) is 1. The number of aromatic nitrogens is 2. The van der Waals surface area contributed by atoms with Gasteiger partial charge in [-0.3, -0.25) is 0 Å². The molecule has 0 radical (unpaired) electrons. The third-order valence-corrected chi connectivity index (χ3v) is 1.50. The maximum atomic E-state index is 5.52. The zero-order valence-electron chi connectivity index (χ0n) is 4.82. The average molecular weight is 141 g/mol. The van der Waals surface area contributed by atoms with Crippen LogP contribution < -0.4 is 5.73 Å². The van der Waals surface area contributed by atoms with Crippen molar-refractivity contribution in [3.05, 3.63) is 23.7 Å². The fourth-order valence-corrected chi connectivity index (χ4v) is 0.939. The van der Waals surface area contributed by atoms with Gasteiger partial charge in [0.2, 0.25) is 0 Å². The Morgan fingerprint density at radius 1 is 1.89 bits per heavy atom. The molecular formula is C5H7N3S. The van der Waals surface area contributed by atoms with Crippen molar-refractivity contribution < 1.29 is 0 Å². The molecule has 1 atom stereocenters. The molecule has 0 spiro atoms. The summed E-state index contributed by atoms with van der Waals surface area (Å²) in [6.45, 7) is 3.53. The van der Waals surface area contributed by atoms with E-state index in [-0.39, 0.29) is 6.04 Å². The molecule has 0 saturated heterocycles. The number of hydrogen-bond donors (Lipinski definition) is 1. The molecule has 0 aliphatic rings. The molecular weight excluding hydrogens is 134 g/mol. The van der Waals surface area contributed by atoms with Crippen LogP contribution in [-0.2, 0) is 0 Å². The predicted molar refractivity (Wildman–Crippen MR) is 37.0 cm³/mol. The van der Waals surface area contributed by atoms with E-state index in [1.807, 2.05) is 5.38 Å². The number of nitrogens with zero attached hydrogens (tertiary/aromatic N) is 2. The van der Waals surface area contributed by atoms with Gasteiger partial charge in [0.25, 0.3) is 0 Å². The van der Waals surface area contributed by atoms with Crippen LogP contribution in [0, 0.1) is 0 Å². The minimum atomic E-state index is -0.163. The van der Waals surface area contributed by atoms with Gasteiger partial charge in [-0.1, -0.05) is 10.6 Å². The van der Waals surface area contributed by atoms with Gasteiger partial charge in [0, 0.05) is 5.38 Å². The summed E-state index contributed by atoms with van der Waals surface area (Å²) >= 11 is 1.29. The van der Waals surface area contributed by atoms with Crippen LogP contribution in [0.2, 0.25) is 0 Å². The van der Waals surface area contributed by atoms with Gasteiger partial charge in [0.1, 0.15) is 0 Å². The summed E-state index contributed by atoms with van der Waals surface area (Å²) in [4.78, 5) is 0. The first-order valence-electron chi connectivity index (χ1n) is 2.49. The van der Waals surface area contributed by atoms with E-state index >= 15 is 0 Å². The highest BCUT2D eigenvalue weighted by atomic mass is 32.1. The second-order valence-electron chi connectivity index (χ2n) is 1.59. The van der Waals surface area contributed by atoms with Gasteiger partial charge in [-0.25, -0.2) is 0 Å². The molecule has 9 heavy (non-hydrogen) atoms. The smallest absolute Gasteiger partial charge is 0.0961 e. The molecule has 0 fully saturated rings. The third kappa shape index (κ3) is 1.34. The van der Waals surface area contributed by atoms with Crippen molar-refractivity contribution in [3.8, 4) is 0 Å². The first-order valence-corrected chi connectivity index (χ1v) is 3.33. The second kappa shape index (κ2) is 2.70. The summed E-state index contributed by atoms with van der Waals surface area (Å²) in [6, 6.07) is -0.163. The normalized spacial score (nSPS) is 13.0. The van der Waals surface area contributed by atoms with E-state index in [1.54, 1.807) is 6.08 Å². The Hall–Kier alpha value is -0.740. The molecule has 48 valence electrons. The molecule has 0 saturated carbocycles. The van der Waals surface area contributed by atoms with E-state index in [0.717, 1.165) is 5.69 Å². The predicted octanol–water partition coefficient (Wildman–Crippen LogP) is 0.724. The summed E-state index contributed by atoms with van der Waals surface area (Å²) in [5.41, 5.74) is 6.31. The van der Waals surface area contributed by atoms with E-state index in [9.17, 15) is 0 Å². The zero-order valence-corrected chi connectivity index (χ0v) is 5.64. The van der Waals surface area contributed by atoms with Crippen molar-refractivity contribution in [2.24, 2.45) is 5.73 Å². The number of rotatable bonds is 2. The van der Waals surface area contributed by atoms with Crippen LogP contribution in [0.3, 0.4) is 0 Å². The Kier molecular flexibility index (Phi) is 1.92. The maximum Gasteiger partial charge on any atom is 0.0961 e. The van der Waals surface area contributed by atoms with Gasteiger partial charge < -0.3 is 5.73 Å². The van der Waals surface area contributed by atoms with Crippen LogP contribution in [-0.4, -0.2) is 9.59 Å². The van der Waals surface area contributed by atoms with Gasteiger partial charge in [-0.05, 0) is 11.5 Å². The first-order chi connectivity index (χ1) is 4.34. The van der Waals surface area contributed by atoms with E-state index in [4.69, 9.17) is 5.73 Å². The van der Waals surface area contributed by atoms with Crippen LogP contribution in [0.4, 0.5) is 0 Å². The van der Waals surface area contributed by atoms with Gasteiger partial charge in [-0.2, -0.15) is 0 Å². The molecule has 4 heteroatoms. The van der Waals surface area contributed by atoms with Crippen molar-refractivity contribution in [1.29, 1.82) is 0 Å². The second-order valence-corrected chi connectivity index (χ2v) is 2.20.